The van der Waals surface area contributed by atoms with Gasteiger partial charge in [0.2, 0.25) is 0 Å². The third-order valence-corrected chi connectivity index (χ3v) is 2.75. The minimum atomic E-state index is -4.44. The first-order valence-corrected chi connectivity index (χ1v) is 5.41. The third-order valence-electron chi connectivity index (χ3n) is 1.22. The lowest BCUT2D eigenvalue weighted by Gasteiger charge is -2.08. The Morgan fingerprint density at radius 3 is 2.50 bits per heavy atom. The van der Waals surface area contributed by atoms with E-state index in [2.05, 4.69) is 9.16 Å². The largest absolute Gasteiger partial charge is 0.577 e. The van der Waals surface area contributed by atoms with Gasteiger partial charge in [0.25, 0.3) is 0 Å². The molecule has 0 saturated carbocycles. The highest BCUT2D eigenvalue weighted by Crippen LogP contribution is 2.15. The molecule has 0 aliphatic heterocycles. The van der Waals surface area contributed by atoms with Crippen LogP contribution in [0.15, 0.2) is 0 Å². The van der Waals surface area contributed by atoms with Gasteiger partial charge >= 0.3 is 15.0 Å². The summed E-state index contributed by atoms with van der Waals surface area (Å²) in [6.45, 7) is 1.28. The van der Waals surface area contributed by atoms with E-state index in [9.17, 15) is 13.0 Å². The van der Waals surface area contributed by atoms with Crippen LogP contribution >= 0.6 is 0 Å². The molecule has 0 saturated heterocycles. The number of carbonyl (C=O) groups is 1. The van der Waals surface area contributed by atoms with Crippen molar-refractivity contribution in [2.45, 2.75) is 19.4 Å². The predicted octanol–water partition coefficient (Wildman–Crippen LogP) is 1.46. The number of ether oxygens (including phenoxy) is 1. The van der Waals surface area contributed by atoms with Crippen LogP contribution in [0.3, 0.4) is 0 Å². The fraction of sp³-hybridized carbons (Fsp3) is 0.833. The van der Waals surface area contributed by atoms with Gasteiger partial charge in [-0.1, -0.05) is 0 Å². The van der Waals surface area contributed by atoms with Crippen LogP contribution in [0.1, 0.15) is 13.3 Å². The molecule has 0 amide bonds. The summed E-state index contributed by atoms with van der Waals surface area (Å²) in [6.07, 6.45) is 0.159. The van der Waals surface area contributed by atoms with Crippen molar-refractivity contribution in [3.8, 4) is 0 Å². The van der Waals surface area contributed by atoms with Crippen molar-refractivity contribution in [1.82, 2.24) is 0 Å². The van der Waals surface area contributed by atoms with E-state index in [0.717, 1.165) is 7.11 Å². The van der Waals surface area contributed by atoms with E-state index in [1.165, 1.54) is 6.92 Å². The van der Waals surface area contributed by atoms with Gasteiger partial charge in [0, 0.05) is 20.1 Å². The number of carbonyl (C=O) groups excluding carboxylic acids is 1. The van der Waals surface area contributed by atoms with Crippen LogP contribution in [0.25, 0.3) is 0 Å². The highest BCUT2D eigenvalue weighted by atomic mass is 28.4. The van der Waals surface area contributed by atoms with Gasteiger partial charge in [-0.15, -0.1) is 0 Å². The van der Waals surface area contributed by atoms with Crippen molar-refractivity contribution in [3.63, 3.8) is 0 Å². The monoisotopic (exact) mass is 198 g/mol. The van der Waals surface area contributed by atoms with Crippen LogP contribution in [-0.4, -0.2) is 28.7 Å². The zero-order valence-electron chi connectivity index (χ0n) is 7.10. The van der Waals surface area contributed by atoms with Crippen LogP contribution in [0.2, 0.25) is 6.04 Å². The first-order chi connectivity index (χ1) is 5.48. The zero-order valence-corrected chi connectivity index (χ0v) is 8.10. The second kappa shape index (κ2) is 5.21. The van der Waals surface area contributed by atoms with Crippen molar-refractivity contribution >= 4 is 15.0 Å². The maximum Gasteiger partial charge on any atom is 0.577 e. The van der Waals surface area contributed by atoms with Crippen molar-refractivity contribution in [2.75, 3.05) is 13.7 Å². The fourth-order valence-electron chi connectivity index (χ4n) is 0.596. The van der Waals surface area contributed by atoms with E-state index < -0.39 is 15.0 Å². The molecule has 0 aliphatic rings. The van der Waals surface area contributed by atoms with Crippen molar-refractivity contribution in [3.05, 3.63) is 0 Å². The van der Waals surface area contributed by atoms with Crippen molar-refractivity contribution in [2.24, 2.45) is 0 Å². The average Bonchev–Trinajstić information content (AvgIpc) is 1.98. The molecule has 0 aliphatic carbocycles. The quantitative estimate of drug-likeness (QED) is 0.290. The maximum absolute atomic E-state index is 12.5. The van der Waals surface area contributed by atoms with E-state index in [4.69, 9.17) is 0 Å². The SMILES string of the molecule is CO[Si](F)(F)CCCOC(C)=O. The Morgan fingerprint density at radius 2 is 2.08 bits per heavy atom. The number of esters is 1. The molecule has 0 atom stereocenters. The maximum atomic E-state index is 12.5. The second-order valence-corrected chi connectivity index (χ2v) is 4.47. The fourth-order valence-corrected chi connectivity index (χ4v) is 1.36. The molecule has 0 spiro atoms. The smallest absolute Gasteiger partial charge is 0.466 e. The summed E-state index contributed by atoms with van der Waals surface area (Å²) in [7, 11) is -3.44. The minimum absolute atomic E-state index is 0.0429. The first-order valence-electron chi connectivity index (χ1n) is 3.54. The second-order valence-electron chi connectivity index (χ2n) is 2.29. The van der Waals surface area contributed by atoms with Gasteiger partial charge < -0.3 is 9.16 Å². The zero-order chi connectivity index (χ0) is 9.61. The first kappa shape index (κ1) is 11.5. The van der Waals surface area contributed by atoms with E-state index in [1.807, 2.05) is 0 Å². The molecule has 0 aromatic rings. The van der Waals surface area contributed by atoms with Gasteiger partial charge in [-0.05, 0) is 6.42 Å². The number of rotatable bonds is 5. The molecule has 3 nitrogen and oxygen atoms in total. The number of hydrogen-bond acceptors (Lipinski definition) is 3. The molecule has 0 N–H and O–H groups in total. The average molecular weight is 198 g/mol. The molecule has 72 valence electrons. The molecule has 0 aromatic heterocycles. The summed E-state index contributed by atoms with van der Waals surface area (Å²) in [5.74, 6) is -0.447. The Balaban J connectivity index is 3.37. The molecule has 6 heteroatoms. The molecular weight excluding hydrogens is 186 g/mol. The summed E-state index contributed by atoms with van der Waals surface area (Å²) in [6, 6.07) is -0.295. The molecule has 0 rings (SSSR count). The molecule has 0 unspecified atom stereocenters. The van der Waals surface area contributed by atoms with Gasteiger partial charge in [0.15, 0.2) is 0 Å². The van der Waals surface area contributed by atoms with Gasteiger partial charge in [-0.2, -0.15) is 0 Å². The molecule has 0 heterocycles. The topological polar surface area (TPSA) is 35.5 Å². The van der Waals surface area contributed by atoms with E-state index in [-0.39, 0.29) is 19.1 Å². The van der Waals surface area contributed by atoms with Crippen LogP contribution in [0.5, 0.6) is 0 Å². The Bertz CT molecular complexity index is 152. The van der Waals surface area contributed by atoms with Crippen molar-refractivity contribution < 1.29 is 22.2 Å². The molecule has 0 radical (unpaired) electrons. The van der Waals surface area contributed by atoms with Crippen LogP contribution in [-0.2, 0) is 14.0 Å². The summed E-state index contributed by atoms with van der Waals surface area (Å²) < 4.78 is 33.4. The van der Waals surface area contributed by atoms with Gasteiger partial charge in [0.1, 0.15) is 0 Å². The van der Waals surface area contributed by atoms with Gasteiger partial charge in [0.05, 0.1) is 6.61 Å². The van der Waals surface area contributed by atoms with Crippen LogP contribution in [0, 0.1) is 0 Å². The number of halogens is 2. The Labute approximate surface area is 71.1 Å². The third kappa shape index (κ3) is 6.23. The highest BCUT2D eigenvalue weighted by Gasteiger charge is 2.35. The summed E-state index contributed by atoms with van der Waals surface area (Å²) in [4.78, 5) is 10.2. The number of hydrogen-bond donors (Lipinski definition) is 0. The molecule has 0 bridgehead atoms. The molecular formula is C6H12F2O3Si. The van der Waals surface area contributed by atoms with Gasteiger partial charge in [-0.3, -0.25) is 4.79 Å². The van der Waals surface area contributed by atoms with E-state index in [1.54, 1.807) is 0 Å². The minimum Gasteiger partial charge on any atom is -0.466 e. The van der Waals surface area contributed by atoms with Crippen LogP contribution < -0.4 is 0 Å². The lowest BCUT2D eigenvalue weighted by molar-refractivity contribution is -0.140. The lowest BCUT2D eigenvalue weighted by Crippen LogP contribution is -2.25. The lowest BCUT2D eigenvalue weighted by atomic mass is 10.5. The molecule has 12 heavy (non-hydrogen) atoms. The normalized spacial score (nSPS) is 11.3. The summed E-state index contributed by atoms with van der Waals surface area (Å²) in [5.41, 5.74) is 0. The highest BCUT2D eigenvalue weighted by molar-refractivity contribution is 6.59. The standard InChI is InChI=1S/C6H12F2O3Si/c1-6(9)11-4-3-5-12(7,8)10-2/h3-5H2,1-2H3. The van der Waals surface area contributed by atoms with E-state index >= 15 is 0 Å². The molecule has 0 fully saturated rings. The van der Waals surface area contributed by atoms with Crippen LogP contribution in [0.4, 0.5) is 8.22 Å². The summed E-state index contributed by atoms with van der Waals surface area (Å²) >= 11 is 0. The Hall–Kier alpha value is -0.493. The molecule has 0 aromatic carbocycles. The van der Waals surface area contributed by atoms with Gasteiger partial charge in [-0.25, -0.2) is 8.22 Å². The Morgan fingerprint density at radius 1 is 1.50 bits per heavy atom. The van der Waals surface area contributed by atoms with E-state index in [0.29, 0.717) is 0 Å². The summed E-state index contributed by atoms with van der Waals surface area (Å²) in [5, 5.41) is 0. The Kier molecular flexibility index (Phi) is 4.99. The predicted molar refractivity (Wildman–Crippen MR) is 41.0 cm³/mol. The van der Waals surface area contributed by atoms with Crippen molar-refractivity contribution in [1.29, 1.82) is 0 Å².